The molecule has 0 spiro atoms. The van der Waals surface area contributed by atoms with Gasteiger partial charge in [0.25, 0.3) is 0 Å². The van der Waals surface area contributed by atoms with Crippen LogP contribution >= 0.6 is 0 Å². The minimum Gasteiger partial charge on any atom is -0.467 e. The fourth-order valence-corrected chi connectivity index (χ4v) is 1.88. The van der Waals surface area contributed by atoms with Crippen LogP contribution in [0.3, 0.4) is 0 Å². The van der Waals surface area contributed by atoms with Crippen molar-refractivity contribution in [1.82, 2.24) is 9.78 Å². The number of aromatic nitrogens is 2. The van der Waals surface area contributed by atoms with Crippen LogP contribution in [0.15, 0.2) is 22.8 Å². The Morgan fingerprint density at radius 2 is 2.32 bits per heavy atom. The molecular formula is C12H16N4O3. The molecule has 0 amide bonds. The number of anilines is 1. The van der Waals surface area contributed by atoms with Crippen LogP contribution in [0, 0.1) is 17.0 Å². The molecule has 0 radical (unpaired) electrons. The first-order chi connectivity index (χ1) is 9.00. The molecule has 0 bridgehead atoms. The van der Waals surface area contributed by atoms with Crippen molar-refractivity contribution in [2.24, 2.45) is 0 Å². The van der Waals surface area contributed by atoms with E-state index in [1.54, 1.807) is 23.9 Å². The van der Waals surface area contributed by atoms with Crippen molar-refractivity contribution < 1.29 is 9.34 Å². The Hall–Kier alpha value is -2.31. The third kappa shape index (κ3) is 2.59. The van der Waals surface area contributed by atoms with Crippen LogP contribution in [0.2, 0.25) is 0 Å². The Balaban J connectivity index is 2.32. The van der Waals surface area contributed by atoms with Crippen LogP contribution in [0.4, 0.5) is 11.5 Å². The highest BCUT2D eigenvalue weighted by molar-refractivity contribution is 5.59. The largest absolute Gasteiger partial charge is 0.467 e. The quantitative estimate of drug-likeness (QED) is 0.662. The van der Waals surface area contributed by atoms with E-state index in [4.69, 9.17) is 4.42 Å². The average molecular weight is 264 g/mol. The lowest BCUT2D eigenvalue weighted by molar-refractivity contribution is -0.384. The smallest absolute Gasteiger partial charge is 0.333 e. The van der Waals surface area contributed by atoms with Gasteiger partial charge >= 0.3 is 5.69 Å². The molecule has 0 aliphatic carbocycles. The van der Waals surface area contributed by atoms with Crippen LogP contribution < -0.4 is 5.32 Å². The number of aryl methyl sites for hydroxylation is 1. The molecule has 0 aromatic carbocycles. The fourth-order valence-electron chi connectivity index (χ4n) is 1.88. The molecule has 2 heterocycles. The van der Waals surface area contributed by atoms with E-state index in [0.29, 0.717) is 23.8 Å². The molecule has 0 unspecified atom stereocenters. The fraction of sp³-hybridized carbons (Fsp3) is 0.417. The number of rotatable bonds is 5. The number of nitrogens with one attached hydrogen (secondary N) is 1. The van der Waals surface area contributed by atoms with Gasteiger partial charge in [0.15, 0.2) is 0 Å². The molecule has 1 N–H and O–H groups in total. The van der Waals surface area contributed by atoms with Crippen molar-refractivity contribution in [2.75, 3.05) is 5.32 Å². The Bertz CT molecular complexity index is 572. The molecule has 2 rings (SSSR count). The van der Waals surface area contributed by atoms with Gasteiger partial charge in [-0.25, -0.2) is 4.68 Å². The first-order valence-corrected chi connectivity index (χ1v) is 6.00. The summed E-state index contributed by atoms with van der Waals surface area (Å²) >= 11 is 0. The standard InChI is InChI=1S/C12H16N4O3/c1-8(2)15-12(11(16(17)18)9(3)14-15)13-7-10-5-4-6-19-10/h4-6,8,13H,7H2,1-3H3. The Kier molecular flexibility index (Phi) is 3.55. The van der Waals surface area contributed by atoms with E-state index in [0.717, 1.165) is 0 Å². The van der Waals surface area contributed by atoms with E-state index in [1.807, 2.05) is 19.9 Å². The van der Waals surface area contributed by atoms with Crippen molar-refractivity contribution >= 4 is 11.5 Å². The lowest BCUT2D eigenvalue weighted by atomic mass is 10.3. The number of nitro groups is 1. The van der Waals surface area contributed by atoms with E-state index in [1.165, 1.54) is 0 Å². The molecule has 19 heavy (non-hydrogen) atoms. The van der Waals surface area contributed by atoms with Gasteiger partial charge in [-0.15, -0.1) is 0 Å². The molecule has 2 aromatic rings. The SMILES string of the molecule is Cc1nn(C(C)C)c(NCc2ccco2)c1[N+](=O)[O-]. The second kappa shape index (κ2) is 5.13. The molecule has 0 saturated carbocycles. The highest BCUT2D eigenvalue weighted by Gasteiger charge is 2.26. The van der Waals surface area contributed by atoms with E-state index < -0.39 is 4.92 Å². The zero-order valence-corrected chi connectivity index (χ0v) is 11.1. The lowest BCUT2D eigenvalue weighted by Gasteiger charge is -2.11. The second-order valence-corrected chi connectivity index (χ2v) is 4.51. The normalized spacial score (nSPS) is 10.9. The van der Waals surface area contributed by atoms with E-state index >= 15 is 0 Å². The second-order valence-electron chi connectivity index (χ2n) is 4.51. The van der Waals surface area contributed by atoms with E-state index in [-0.39, 0.29) is 11.7 Å². The van der Waals surface area contributed by atoms with E-state index in [2.05, 4.69) is 10.4 Å². The summed E-state index contributed by atoms with van der Waals surface area (Å²) < 4.78 is 6.82. The van der Waals surface area contributed by atoms with Crippen LogP contribution in [-0.4, -0.2) is 14.7 Å². The zero-order chi connectivity index (χ0) is 14.0. The van der Waals surface area contributed by atoms with Crippen LogP contribution in [0.25, 0.3) is 0 Å². The number of furan rings is 1. The van der Waals surface area contributed by atoms with Crippen molar-refractivity contribution in [3.63, 3.8) is 0 Å². The summed E-state index contributed by atoms with van der Waals surface area (Å²) in [6.45, 7) is 5.86. The lowest BCUT2D eigenvalue weighted by Crippen LogP contribution is -2.10. The minimum absolute atomic E-state index is 0.0141. The van der Waals surface area contributed by atoms with Crippen molar-refractivity contribution in [3.8, 4) is 0 Å². The van der Waals surface area contributed by atoms with Crippen molar-refractivity contribution in [3.05, 3.63) is 40.0 Å². The predicted molar refractivity (Wildman–Crippen MR) is 70.0 cm³/mol. The van der Waals surface area contributed by atoms with Gasteiger partial charge < -0.3 is 9.73 Å². The Morgan fingerprint density at radius 1 is 1.58 bits per heavy atom. The highest BCUT2D eigenvalue weighted by atomic mass is 16.6. The van der Waals surface area contributed by atoms with Gasteiger partial charge in [0.05, 0.1) is 17.7 Å². The summed E-state index contributed by atoms with van der Waals surface area (Å²) in [4.78, 5) is 10.7. The van der Waals surface area contributed by atoms with Crippen molar-refractivity contribution in [1.29, 1.82) is 0 Å². The average Bonchev–Trinajstić information content (AvgIpc) is 2.92. The molecular weight excluding hydrogens is 248 g/mol. The van der Waals surface area contributed by atoms with Gasteiger partial charge in [0.2, 0.25) is 5.82 Å². The molecule has 0 aliphatic heterocycles. The highest BCUT2D eigenvalue weighted by Crippen LogP contribution is 2.30. The first-order valence-electron chi connectivity index (χ1n) is 6.00. The maximum atomic E-state index is 11.1. The Morgan fingerprint density at radius 3 is 2.84 bits per heavy atom. The molecule has 7 heteroatoms. The predicted octanol–water partition coefficient (Wildman–Crippen LogP) is 2.89. The maximum absolute atomic E-state index is 11.1. The summed E-state index contributed by atoms with van der Waals surface area (Å²) in [5.41, 5.74) is 0.418. The van der Waals surface area contributed by atoms with Crippen LogP contribution in [0.1, 0.15) is 31.3 Å². The maximum Gasteiger partial charge on any atom is 0.333 e. The van der Waals surface area contributed by atoms with Gasteiger partial charge in [-0.3, -0.25) is 10.1 Å². The molecule has 102 valence electrons. The summed E-state index contributed by atoms with van der Waals surface area (Å²) in [6.07, 6.45) is 1.57. The number of nitrogens with zero attached hydrogens (tertiary/aromatic N) is 3. The topological polar surface area (TPSA) is 86.1 Å². The summed E-state index contributed by atoms with van der Waals surface area (Å²) in [5.74, 6) is 1.12. The number of hydrogen-bond acceptors (Lipinski definition) is 5. The van der Waals surface area contributed by atoms with Crippen molar-refractivity contribution in [2.45, 2.75) is 33.4 Å². The van der Waals surface area contributed by atoms with Gasteiger partial charge in [-0.1, -0.05) is 0 Å². The third-order valence-electron chi connectivity index (χ3n) is 2.74. The van der Waals surface area contributed by atoms with Gasteiger partial charge in [-0.05, 0) is 32.9 Å². The Labute approximate surface area is 110 Å². The minimum atomic E-state index is -0.411. The molecule has 7 nitrogen and oxygen atoms in total. The third-order valence-corrected chi connectivity index (χ3v) is 2.74. The molecule has 0 aliphatic rings. The zero-order valence-electron chi connectivity index (χ0n) is 11.1. The molecule has 0 fully saturated rings. The molecule has 0 saturated heterocycles. The van der Waals surface area contributed by atoms with Gasteiger partial charge in [-0.2, -0.15) is 5.10 Å². The van der Waals surface area contributed by atoms with Crippen LogP contribution in [0.5, 0.6) is 0 Å². The van der Waals surface area contributed by atoms with Crippen LogP contribution in [-0.2, 0) is 6.54 Å². The number of hydrogen-bond donors (Lipinski definition) is 1. The van der Waals surface area contributed by atoms with E-state index in [9.17, 15) is 10.1 Å². The molecule has 2 aromatic heterocycles. The van der Waals surface area contributed by atoms with Gasteiger partial charge in [0.1, 0.15) is 11.5 Å². The summed E-state index contributed by atoms with van der Waals surface area (Å²) in [7, 11) is 0. The first kappa shape index (κ1) is 13.1. The summed E-state index contributed by atoms with van der Waals surface area (Å²) in [5, 5.41) is 18.4. The molecule has 0 atom stereocenters. The van der Waals surface area contributed by atoms with Gasteiger partial charge in [0, 0.05) is 6.04 Å². The monoisotopic (exact) mass is 264 g/mol. The summed E-state index contributed by atoms with van der Waals surface area (Å²) in [6, 6.07) is 3.62.